The highest BCUT2D eigenvalue weighted by Gasteiger charge is 2.22. The molecule has 5 nitrogen and oxygen atoms in total. The zero-order chi connectivity index (χ0) is 13.2. The lowest BCUT2D eigenvalue weighted by atomic mass is 10.1. The minimum absolute atomic E-state index is 0.194. The third-order valence-corrected chi connectivity index (χ3v) is 4.28. The van der Waals surface area contributed by atoms with Crippen molar-refractivity contribution in [1.29, 1.82) is 0 Å². The van der Waals surface area contributed by atoms with Crippen molar-refractivity contribution in [3.05, 3.63) is 29.0 Å². The summed E-state index contributed by atoms with van der Waals surface area (Å²) in [7, 11) is 0. The molecule has 3 rings (SSSR count). The van der Waals surface area contributed by atoms with Crippen LogP contribution in [0.25, 0.3) is 10.8 Å². The van der Waals surface area contributed by atoms with Gasteiger partial charge in [-0.2, -0.15) is 0 Å². The summed E-state index contributed by atoms with van der Waals surface area (Å²) in [6, 6.07) is 3.77. The van der Waals surface area contributed by atoms with Crippen LogP contribution in [0.2, 0.25) is 0 Å². The van der Waals surface area contributed by atoms with Gasteiger partial charge in [-0.05, 0) is 12.1 Å². The average molecular weight is 278 g/mol. The molecule has 0 saturated carbocycles. The Bertz CT molecular complexity index is 577. The molecule has 19 heavy (non-hydrogen) atoms. The van der Waals surface area contributed by atoms with Gasteiger partial charge in [-0.1, -0.05) is 0 Å². The van der Waals surface area contributed by atoms with Gasteiger partial charge < -0.3 is 9.52 Å². The molecule has 1 N–H and O–H groups in total. The van der Waals surface area contributed by atoms with Crippen molar-refractivity contribution in [3.63, 3.8) is 0 Å². The predicted molar refractivity (Wildman–Crippen MR) is 71.0 cm³/mol. The predicted octanol–water partition coefficient (Wildman–Crippen LogP) is 2.24. The zero-order valence-corrected chi connectivity index (χ0v) is 11.2. The Morgan fingerprint density at radius 3 is 3.21 bits per heavy atom. The molecular weight excluding hydrogens is 264 g/mol. The van der Waals surface area contributed by atoms with Crippen LogP contribution in [0.4, 0.5) is 0 Å². The Morgan fingerprint density at radius 1 is 1.58 bits per heavy atom. The Labute approximate surface area is 114 Å². The van der Waals surface area contributed by atoms with Crippen molar-refractivity contribution in [2.45, 2.75) is 19.4 Å². The lowest BCUT2D eigenvalue weighted by Crippen LogP contribution is -2.31. The van der Waals surface area contributed by atoms with Crippen LogP contribution < -0.4 is 0 Å². The molecule has 3 heterocycles. The Morgan fingerprint density at radius 2 is 2.47 bits per heavy atom. The molecule has 0 spiro atoms. The first-order chi connectivity index (χ1) is 9.22. The van der Waals surface area contributed by atoms with E-state index < -0.39 is 5.97 Å². The molecule has 6 heteroatoms. The third-order valence-electron chi connectivity index (χ3n) is 3.18. The first kappa shape index (κ1) is 12.4. The van der Waals surface area contributed by atoms with Gasteiger partial charge in [-0.3, -0.25) is 9.69 Å². The number of carbonyl (C=O) groups is 1. The zero-order valence-electron chi connectivity index (χ0n) is 10.3. The number of hydrogen-bond donors (Lipinski definition) is 1. The van der Waals surface area contributed by atoms with Gasteiger partial charge in [0.2, 0.25) is 0 Å². The van der Waals surface area contributed by atoms with Crippen molar-refractivity contribution in [2.24, 2.45) is 0 Å². The summed E-state index contributed by atoms with van der Waals surface area (Å²) < 4.78 is 5.36. The van der Waals surface area contributed by atoms with Crippen LogP contribution in [-0.2, 0) is 17.8 Å². The molecule has 0 bridgehead atoms. The molecule has 0 saturated heterocycles. The normalized spacial score (nSPS) is 15.4. The van der Waals surface area contributed by atoms with Crippen LogP contribution in [0.1, 0.15) is 17.0 Å². The SMILES string of the molecule is O=C(O)CCN1CCc2nc(-c3ccco3)sc2C1. The summed E-state index contributed by atoms with van der Waals surface area (Å²) in [6.45, 7) is 2.27. The van der Waals surface area contributed by atoms with Crippen LogP contribution in [0, 0.1) is 0 Å². The smallest absolute Gasteiger partial charge is 0.304 e. The summed E-state index contributed by atoms with van der Waals surface area (Å²) in [5.74, 6) is 0.0582. The molecular formula is C13H14N2O3S. The third kappa shape index (κ3) is 2.69. The number of carboxylic acid groups (broad SMARTS) is 1. The first-order valence-corrected chi connectivity index (χ1v) is 7.00. The quantitative estimate of drug-likeness (QED) is 0.929. The van der Waals surface area contributed by atoms with Crippen molar-refractivity contribution in [1.82, 2.24) is 9.88 Å². The van der Waals surface area contributed by atoms with E-state index in [9.17, 15) is 4.79 Å². The van der Waals surface area contributed by atoms with Crippen LogP contribution in [0.15, 0.2) is 22.8 Å². The molecule has 1 aliphatic heterocycles. The molecule has 0 radical (unpaired) electrons. The molecule has 0 unspecified atom stereocenters. The van der Waals surface area contributed by atoms with E-state index in [0.717, 1.165) is 36.0 Å². The maximum atomic E-state index is 10.6. The highest BCUT2D eigenvalue weighted by Crippen LogP contribution is 2.31. The number of nitrogens with zero attached hydrogens (tertiary/aromatic N) is 2. The second-order valence-electron chi connectivity index (χ2n) is 4.54. The number of aliphatic carboxylic acids is 1. The van der Waals surface area contributed by atoms with Gasteiger partial charge in [-0.15, -0.1) is 11.3 Å². The molecule has 2 aromatic rings. The molecule has 0 aromatic carbocycles. The number of thiazole rings is 1. The van der Waals surface area contributed by atoms with Crippen LogP contribution in [0.3, 0.4) is 0 Å². The van der Waals surface area contributed by atoms with E-state index in [1.54, 1.807) is 17.6 Å². The van der Waals surface area contributed by atoms with E-state index >= 15 is 0 Å². The Kier molecular flexibility index (Phi) is 3.35. The van der Waals surface area contributed by atoms with Crippen LogP contribution >= 0.6 is 11.3 Å². The van der Waals surface area contributed by atoms with Crippen molar-refractivity contribution >= 4 is 17.3 Å². The highest BCUT2D eigenvalue weighted by molar-refractivity contribution is 7.15. The number of hydrogen-bond acceptors (Lipinski definition) is 5. The number of fused-ring (bicyclic) bond motifs is 1. The molecule has 2 aromatic heterocycles. The van der Waals surface area contributed by atoms with Gasteiger partial charge in [0.05, 0.1) is 18.4 Å². The summed E-state index contributed by atoms with van der Waals surface area (Å²) in [4.78, 5) is 18.6. The fourth-order valence-electron chi connectivity index (χ4n) is 2.20. The topological polar surface area (TPSA) is 66.6 Å². The Hall–Kier alpha value is -1.66. The van der Waals surface area contributed by atoms with E-state index in [1.807, 2.05) is 12.1 Å². The number of furan rings is 1. The van der Waals surface area contributed by atoms with Crippen molar-refractivity contribution in [3.8, 4) is 10.8 Å². The molecule has 0 atom stereocenters. The van der Waals surface area contributed by atoms with Gasteiger partial charge in [0, 0.05) is 30.9 Å². The average Bonchev–Trinajstić information content (AvgIpc) is 3.04. The molecule has 0 fully saturated rings. The van der Waals surface area contributed by atoms with E-state index in [-0.39, 0.29) is 6.42 Å². The van der Waals surface area contributed by atoms with Crippen LogP contribution in [0.5, 0.6) is 0 Å². The monoisotopic (exact) mass is 278 g/mol. The maximum Gasteiger partial charge on any atom is 0.304 e. The van der Waals surface area contributed by atoms with E-state index in [2.05, 4.69) is 9.88 Å². The van der Waals surface area contributed by atoms with Crippen LogP contribution in [-0.4, -0.2) is 34.0 Å². The molecule has 0 aliphatic carbocycles. The van der Waals surface area contributed by atoms with E-state index in [0.29, 0.717) is 6.54 Å². The largest absolute Gasteiger partial charge is 0.481 e. The van der Waals surface area contributed by atoms with Gasteiger partial charge >= 0.3 is 5.97 Å². The van der Waals surface area contributed by atoms with Gasteiger partial charge in [0.15, 0.2) is 10.8 Å². The lowest BCUT2D eigenvalue weighted by Gasteiger charge is -2.24. The number of carboxylic acids is 1. The van der Waals surface area contributed by atoms with Gasteiger partial charge in [-0.25, -0.2) is 4.98 Å². The minimum atomic E-state index is -0.744. The maximum absolute atomic E-state index is 10.6. The second-order valence-corrected chi connectivity index (χ2v) is 5.62. The second kappa shape index (κ2) is 5.14. The van der Waals surface area contributed by atoms with Gasteiger partial charge in [0.25, 0.3) is 0 Å². The summed E-state index contributed by atoms with van der Waals surface area (Å²) in [6.07, 6.45) is 2.72. The van der Waals surface area contributed by atoms with Crippen molar-refractivity contribution in [2.75, 3.05) is 13.1 Å². The fourth-order valence-corrected chi connectivity index (χ4v) is 3.32. The fraction of sp³-hybridized carbons (Fsp3) is 0.385. The number of aromatic nitrogens is 1. The van der Waals surface area contributed by atoms with E-state index in [1.165, 1.54) is 4.88 Å². The van der Waals surface area contributed by atoms with Gasteiger partial charge in [0.1, 0.15) is 0 Å². The Balaban J connectivity index is 1.73. The van der Waals surface area contributed by atoms with Crippen molar-refractivity contribution < 1.29 is 14.3 Å². The minimum Gasteiger partial charge on any atom is -0.481 e. The molecule has 0 amide bonds. The number of rotatable bonds is 4. The summed E-state index contributed by atoms with van der Waals surface area (Å²) in [5.41, 5.74) is 1.13. The molecule has 100 valence electrons. The summed E-state index contributed by atoms with van der Waals surface area (Å²) >= 11 is 1.64. The first-order valence-electron chi connectivity index (χ1n) is 6.19. The standard InChI is InChI=1S/C13H14N2O3S/c16-12(17)4-6-15-5-3-9-11(8-15)19-13(14-9)10-2-1-7-18-10/h1-2,7H,3-6,8H2,(H,16,17). The lowest BCUT2D eigenvalue weighted by molar-refractivity contribution is -0.137. The molecule has 1 aliphatic rings. The highest BCUT2D eigenvalue weighted by atomic mass is 32.1. The van der Waals surface area contributed by atoms with E-state index in [4.69, 9.17) is 9.52 Å². The summed E-state index contributed by atoms with van der Waals surface area (Å²) in [5, 5.41) is 9.63.